The van der Waals surface area contributed by atoms with Crippen molar-refractivity contribution in [1.82, 2.24) is 0 Å². The molecule has 2 aliphatic rings. The number of allylic oxidation sites excluding steroid dienone is 1. The van der Waals surface area contributed by atoms with E-state index in [0.29, 0.717) is 17.1 Å². The first-order chi connectivity index (χ1) is 15.6. The summed E-state index contributed by atoms with van der Waals surface area (Å²) < 4.78 is 0. The number of nitrogens with one attached hydrogen (secondary N) is 2. The number of thiophene rings is 1. The van der Waals surface area contributed by atoms with Crippen molar-refractivity contribution < 1.29 is 9.59 Å². The Morgan fingerprint density at radius 3 is 2.81 bits per heavy atom. The van der Waals surface area contributed by atoms with Crippen LogP contribution in [0, 0.1) is 0 Å². The molecule has 1 aliphatic carbocycles. The molecular formula is C25H22ClN3O2S. The summed E-state index contributed by atoms with van der Waals surface area (Å²) in [7, 11) is 0. The monoisotopic (exact) mass is 463 g/mol. The zero-order valence-electron chi connectivity index (χ0n) is 17.3. The highest BCUT2D eigenvalue weighted by molar-refractivity contribution is 7.10. The molecule has 1 amide bonds. The first-order valence-corrected chi connectivity index (χ1v) is 11.8. The van der Waals surface area contributed by atoms with Crippen LogP contribution < -0.4 is 15.5 Å². The SMILES string of the molecule is O=C(CN1c2ccccc2NC2=C(C(=O)CCC2)[C@@H]1c1cccs1)Nc1cccc(Cl)c1. The van der Waals surface area contributed by atoms with Crippen molar-refractivity contribution in [2.75, 3.05) is 22.1 Å². The molecule has 0 bridgehead atoms. The van der Waals surface area contributed by atoms with Crippen LogP contribution in [0.1, 0.15) is 30.2 Å². The van der Waals surface area contributed by atoms with Crippen molar-refractivity contribution in [2.45, 2.75) is 25.3 Å². The van der Waals surface area contributed by atoms with Crippen molar-refractivity contribution in [3.8, 4) is 0 Å². The summed E-state index contributed by atoms with van der Waals surface area (Å²) in [5.41, 5.74) is 4.18. The molecule has 0 saturated heterocycles. The lowest BCUT2D eigenvalue weighted by Crippen LogP contribution is -2.38. The maximum Gasteiger partial charge on any atom is 0.243 e. The average molecular weight is 464 g/mol. The molecule has 0 unspecified atom stereocenters. The molecule has 5 rings (SSSR count). The Balaban J connectivity index is 1.58. The predicted octanol–water partition coefficient (Wildman–Crippen LogP) is 6.02. The summed E-state index contributed by atoms with van der Waals surface area (Å²) >= 11 is 7.68. The van der Waals surface area contributed by atoms with Gasteiger partial charge in [0.05, 0.1) is 24.0 Å². The van der Waals surface area contributed by atoms with Crippen molar-refractivity contribution in [1.29, 1.82) is 0 Å². The van der Waals surface area contributed by atoms with Gasteiger partial charge in [0.2, 0.25) is 5.91 Å². The van der Waals surface area contributed by atoms with Gasteiger partial charge in [0.15, 0.2) is 5.78 Å². The van der Waals surface area contributed by atoms with Crippen LogP contribution in [0.15, 0.2) is 77.3 Å². The van der Waals surface area contributed by atoms with Gasteiger partial charge in [-0.25, -0.2) is 0 Å². The molecule has 2 aromatic carbocycles. The number of anilines is 3. The van der Waals surface area contributed by atoms with Gasteiger partial charge in [0.1, 0.15) is 0 Å². The first kappa shape index (κ1) is 20.8. The average Bonchev–Trinajstić information content (AvgIpc) is 3.25. The highest BCUT2D eigenvalue weighted by atomic mass is 35.5. The lowest BCUT2D eigenvalue weighted by molar-refractivity contribution is -0.117. The number of fused-ring (bicyclic) bond motifs is 1. The Hall–Kier alpha value is -3.09. The van der Waals surface area contributed by atoms with E-state index in [-0.39, 0.29) is 24.3 Å². The Morgan fingerprint density at radius 2 is 2.00 bits per heavy atom. The highest BCUT2D eigenvalue weighted by Gasteiger charge is 2.37. The van der Waals surface area contributed by atoms with E-state index in [1.54, 1.807) is 29.5 Å². The number of ketones is 1. The maximum absolute atomic E-state index is 13.2. The normalized spacial score (nSPS) is 17.8. The van der Waals surface area contributed by atoms with Crippen molar-refractivity contribution in [3.05, 3.63) is 87.2 Å². The van der Waals surface area contributed by atoms with Crippen LogP contribution in [-0.4, -0.2) is 18.2 Å². The molecule has 1 aliphatic heterocycles. The van der Waals surface area contributed by atoms with E-state index in [1.165, 1.54) is 0 Å². The number of nitrogens with zero attached hydrogens (tertiary/aromatic N) is 1. The maximum atomic E-state index is 13.2. The van der Waals surface area contributed by atoms with E-state index in [0.717, 1.165) is 40.4 Å². The minimum Gasteiger partial charge on any atom is -0.357 e. The number of benzene rings is 2. The Morgan fingerprint density at radius 1 is 1.12 bits per heavy atom. The molecule has 0 saturated carbocycles. The third-order valence-electron chi connectivity index (χ3n) is 5.78. The molecule has 0 spiro atoms. The zero-order chi connectivity index (χ0) is 22.1. The molecule has 162 valence electrons. The summed E-state index contributed by atoms with van der Waals surface area (Å²) in [5, 5.41) is 9.04. The number of halogens is 1. The number of rotatable bonds is 4. The highest BCUT2D eigenvalue weighted by Crippen LogP contribution is 2.45. The smallest absolute Gasteiger partial charge is 0.243 e. The number of Topliss-reactive ketones (excluding diaryl/α,β-unsaturated/α-hetero) is 1. The van der Waals surface area contributed by atoms with Crippen molar-refractivity contribution in [2.24, 2.45) is 0 Å². The molecule has 2 heterocycles. The molecule has 7 heteroatoms. The lowest BCUT2D eigenvalue weighted by atomic mass is 9.88. The quantitative estimate of drug-likeness (QED) is 0.496. The van der Waals surface area contributed by atoms with Gasteiger partial charge in [-0.2, -0.15) is 0 Å². The minimum atomic E-state index is -0.320. The van der Waals surface area contributed by atoms with Crippen molar-refractivity contribution in [3.63, 3.8) is 0 Å². The fourth-order valence-corrected chi connectivity index (χ4v) is 5.47. The van der Waals surface area contributed by atoms with Crippen LogP contribution in [-0.2, 0) is 9.59 Å². The molecule has 1 atom stereocenters. The van der Waals surface area contributed by atoms with Gasteiger partial charge in [-0.15, -0.1) is 11.3 Å². The van der Waals surface area contributed by atoms with Gasteiger partial charge in [0.25, 0.3) is 0 Å². The van der Waals surface area contributed by atoms with Gasteiger partial charge in [-0.1, -0.05) is 35.9 Å². The molecule has 3 aromatic rings. The lowest BCUT2D eigenvalue weighted by Gasteiger charge is -2.34. The third kappa shape index (κ3) is 4.04. The number of hydrogen-bond acceptors (Lipinski definition) is 5. The summed E-state index contributed by atoms with van der Waals surface area (Å²) in [6.07, 6.45) is 2.18. The number of carbonyl (C=O) groups is 2. The van der Waals surface area contributed by atoms with Gasteiger partial charge in [0, 0.05) is 33.3 Å². The van der Waals surface area contributed by atoms with Gasteiger partial charge >= 0.3 is 0 Å². The zero-order valence-corrected chi connectivity index (χ0v) is 18.9. The molecule has 0 fully saturated rings. The predicted molar refractivity (Wildman–Crippen MR) is 130 cm³/mol. The molecule has 1 aromatic heterocycles. The van der Waals surface area contributed by atoms with E-state index < -0.39 is 0 Å². The molecule has 0 radical (unpaired) electrons. The number of para-hydroxylation sites is 2. The van der Waals surface area contributed by atoms with E-state index in [9.17, 15) is 9.59 Å². The van der Waals surface area contributed by atoms with Crippen LogP contribution >= 0.6 is 22.9 Å². The number of carbonyl (C=O) groups excluding carboxylic acids is 2. The first-order valence-electron chi connectivity index (χ1n) is 10.6. The molecular weight excluding hydrogens is 442 g/mol. The van der Waals surface area contributed by atoms with Gasteiger partial charge in [-0.05, 0) is 54.6 Å². The summed E-state index contributed by atoms with van der Waals surface area (Å²) in [4.78, 5) is 29.4. The fourth-order valence-electron chi connectivity index (χ4n) is 4.44. The van der Waals surface area contributed by atoms with Crippen LogP contribution in [0.4, 0.5) is 17.1 Å². The summed E-state index contributed by atoms with van der Waals surface area (Å²) in [6, 6.07) is 18.7. The number of amides is 1. The van der Waals surface area contributed by atoms with Crippen LogP contribution in [0.5, 0.6) is 0 Å². The van der Waals surface area contributed by atoms with E-state index in [2.05, 4.69) is 10.6 Å². The summed E-state index contributed by atoms with van der Waals surface area (Å²) in [6.45, 7) is 0.0951. The van der Waals surface area contributed by atoms with Crippen LogP contribution in [0.2, 0.25) is 5.02 Å². The van der Waals surface area contributed by atoms with Crippen molar-refractivity contribution >= 4 is 51.7 Å². The Labute approximate surface area is 195 Å². The largest absolute Gasteiger partial charge is 0.357 e. The third-order valence-corrected chi connectivity index (χ3v) is 6.94. The Bertz CT molecular complexity index is 1210. The fraction of sp³-hybridized carbons (Fsp3) is 0.200. The van der Waals surface area contributed by atoms with Gasteiger partial charge < -0.3 is 15.5 Å². The second kappa shape index (κ2) is 8.81. The minimum absolute atomic E-state index is 0.0951. The molecule has 32 heavy (non-hydrogen) atoms. The van der Waals surface area contributed by atoms with E-state index >= 15 is 0 Å². The second-order valence-corrected chi connectivity index (χ2v) is 9.33. The standard InChI is InChI=1S/C25H22ClN3O2S/c26-16-6-3-7-17(14-16)27-23(31)15-29-20-10-2-1-8-18(20)28-19-9-4-11-21(30)24(19)25(29)22-12-5-13-32-22/h1-3,5-8,10,12-14,25,28H,4,9,11,15H2,(H,27,31)/t25-/m0/s1. The number of hydrogen-bond donors (Lipinski definition) is 2. The second-order valence-electron chi connectivity index (χ2n) is 7.92. The van der Waals surface area contributed by atoms with E-state index in [1.807, 2.05) is 52.7 Å². The van der Waals surface area contributed by atoms with Crippen LogP contribution in [0.25, 0.3) is 0 Å². The molecule has 5 nitrogen and oxygen atoms in total. The molecule has 2 N–H and O–H groups in total. The van der Waals surface area contributed by atoms with Crippen LogP contribution in [0.3, 0.4) is 0 Å². The van der Waals surface area contributed by atoms with E-state index in [4.69, 9.17) is 11.6 Å². The Kier molecular flexibility index (Phi) is 5.72. The van der Waals surface area contributed by atoms with Gasteiger partial charge in [-0.3, -0.25) is 9.59 Å². The summed E-state index contributed by atoms with van der Waals surface area (Å²) in [5.74, 6) is -0.0267. The topological polar surface area (TPSA) is 61.4 Å².